The maximum Gasteiger partial charge on any atom is 0.228 e. The molecule has 1 fully saturated rings. The van der Waals surface area contributed by atoms with E-state index in [1.54, 1.807) is 6.92 Å². The number of piperidine rings is 1. The third kappa shape index (κ3) is 4.10. The van der Waals surface area contributed by atoms with Crippen LogP contribution in [0.2, 0.25) is 0 Å². The first kappa shape index (κ1) is 17.3. The zero-order valence-corrected chi connectivity index (χ0v) is 15.2. The van der Waals surface area contributed by atoms with E-state index in [0.717, 1.165) is 42.9 Å². The molecular weight excluding hydrogens is 316 g/mol. The first-order chi connectivity index (χ1) is 11.9. The third-order valence-corrected chi connectivity index (χ3v) is 4.33. The molecule has 25 heavy (non-hydrogen) atoms. The Morgan fingerprint density at radius 2 is 1.80 bits per heavy atom. The molecular formula is C18H24N6O. The maximum absolute atomic E-state index is 12.0. The Kier molecular flexibility index (Phi) is 4.92. The van der Waals surface area contributed by atoms with Gasteiger partial charge in [-0.15, -0.1) is 0 Å². The Morgan fingerprint density at radius 1 is 1.08 bits per heavy atom. The van der Waals surface area contributed by atoms with E-state index < -0.39 is 0 Å². The van der Waals surface area contributed by atoms with Gasteiger partial charge < -0.3 is 10.2 Å². The van der Waals surface area contributed by atoms with Crippen LogP contribution in [0.25, 0.3) is 0 Å². The fourth-order valence-corrected chi connectivity index (χ4v) is 3.34. The Balaban J connectivity index is 1.90. The smallest absolute Gasteiger partial charge is 0.228 e. The van der Waals surface area contributed by atoms with Crippen LogP contribution < -0.4 is 5.32 Å². The number of amides is 1. The summed E-state index contributed by atoms with van der Waals surface area (Å²) in [6.45, 7) is 8.13. The lowest BCUT2D eigenvalue weighted by Gasteiger charge is -2.34. The molecule has 1 aliphatic heterocycles. The predicted octanol–water partition coefficient (Wildman–Crippen LogP) is 3.01. The van der Waals surface area contributed by atoms with Crippen LogP contribution in [0.1, 0.15) is 55.1 Å². The Morgan fingerprint density at radius 3 is 2.48 bits per heavy atom. The molecule has 3 heterocycles. The van der Waals surface area contributed by atoms with Crippen molar-refractivity contribution < 1.29 is 4.79 Å². The number of rotatable bonds is 3. The topological polar surface area (TPSA) is 83.9 Å². The van der Waals surface area contributed by atoms with Crippen LogP contribution in [-0.2, 0) is 4.79 Å². The molecule has 1 amide bonds. The van der Waals surface area contributed by atoms with Gasteiger partial charge in [-0.25, -0.2) is 19.9 Å². The largest absolute Gasteiger partial charge is 0.334 e. The second-order valence-corrected chi connectivity index (χ2v) is 6.55. The quantitative estimate of drug-likeness (QED) is 0.924. The zero-order chi connectivity index (χ0) is 18.0. The van der Waals surface area contributed by atoms with Crippen molar-refractivity contribution >= 4 is 17.7 Å². The summed E-state index contributed by atoms with van der Waals surface area (Å²) in [6.07, 6.45) is 3.07. The van der Waals surface area contributed by atoms with E-state index in [4.69, 9.17) is 0 Å². The second kappa shape index (κ2) is 7.13. The van der Waals surface area contributed by atoms with E-state index in [1.807, 2.05) is 37.8 Å². The summed E-state index contributed by atoms with van der Waals surface area (Å²) in [7, 11) is 0. The molecule has 0 aromatic carbocycles. The second-order valence-electron chi connectivity index (χ2n) is 6.55. The van der Waals surface area contributed by atoms with Crippen LogP contribution in [0.3, 0.4) is 0 Å². The highest BCUT2D eigenvalue weighted by Crippen LogP contribution is 2.31. The fourth-order valence-electron chi connectivity index (χ4n) is 3.34. The molecule has 7 nitrogen and oxygen atoms in total. The van der Waals surface area contributed by atoms with E-state index in [9.17, 15) is 4.79 Å². The summed E-state index contributed by atoms with van der Waals surface area (Å²) < 4.78 is 0. The number of carbonyl (C=O) groups excluding carboxylic acids is 1. The van der Waals surface area contributed by atoms with E-state index in [1.165, 1.54) is 0 Å². The van der Waals surface area contributed by atoms with Gasteiger partial charge in [-0.3, -0.25) is 4.79 Å². The van der Waals surface area contributed by atoms with Crippen molar-refractivity contribution in [1.29, 1.82) is 0 Å². The molecule has 1 atom stereocenters. The average Bonchev–Trinajstić information content (AvgIpc) is 2.53. The normalized spacial score (nSPS) is 17.4. The van der Waals surface area contributed by atoms with Gasteiger partial charge >= 0.3 is 0 Å². The highest BCUT2D eigenvalue weighted by Gasteiger charge is 2.27. The summed E-state index contributed by atoms with van der Waals surface area (Å²) in [6, 6.07) is 3.84. The van der Waals surface area contributed by atoms with Gasteiger partial charge in [0, 0.05) is 30.9 Å². The molecule has 1 saturated heterocycles. The van der Waals surface area contributed by atoms with Crippen LogP contribution >= 0.6 is 0 Å². The first-order valence-corrected chi connectivity index (χ1v) is 8.64. The molecule has 132 valence electrons. The number of aromatic nitrogens is 4. The van der Waals surface area contributed by atoms with Gasteiger partial charge in [0.05, 0.1) is 11.7 Å². The van der Waals surface area contributed by atoms with Gasteiger partial charge in [-0.1, -0.05) is 0 Å². The minimum Gasteiger partial charge on any atom is -0.334 e. The summed E-state index contributed by atoms with van der Waals surface area (Å²) >= 11 is 0. The van der Waals surface area contributed by atoms with Crippen molar-refractivity contribution in [1.82, 2.24) is 24.8 Å². The molecule has 2 aromatic rings. The predicted molar refractivity (Wildman–Crippen MR) is 95.5 cm³/mol. The summed E-state index contributed by atoms with van der Waals surface area (Å²) in [5.41, 5.74) is 2.67. The fraction of sp³-hybridized carbons (Fsp3) is 0.500. The number of anilines is 2. The minimum atomic E-state index is 0.00802. The molecule has 0 bridgehead atoms. The monoisotopic (exact) mass is 340 g/mol. The first-order valence-electron chi connectivity index (χ1n) is 8.64. The average molecular weight is 340 g/mol. The molecule has 0 saturated carbocycles. The molecule has 2 aromatic heterocycles. The molecule has 7 heteroatoms. The van der Waals surface area contributed by atoms with E-state index >= 15 is 0 Å². The van der Waals surface area contributed by atoms with Crippen molar-refractivity contribution in [2.24, 2.45) is 0 Å². The Labute approximate surface area is 147 Å². The molecule has 1 aliphatic rings. The number of nitrogens with zero attached hydrogens (tertiary/aromatic N) is 5. The van der Waals surface area contributed by atoms with Gasteiger partial charge in [0.25, 0.3) is 0 Å². The van der Waals surface area contributed by atoms with Crippen LogP contribution in [0, 0.1) is 20.8 Å². The van der Waals surface area contributed by atoms with Crippen molar-refractivity contribution in [3.05, 3.63) is 35.0 Å². The summed E-state index contributed by atoms with van der Waals surface area (Å²) in [5.74, 6) is 1.93. The lowest BCUT2D eigenvalue weighted by molar-refractivity contribution is -0.132. The van der Waals surface area contributed by atoms with Crippen molar-refractivity contribution in [3.63, 3.8) is 0 Å². The highest BCUT2D eigenvalue weighted by molar-refractivity contribution is 5.74. The van der Waals surface area contributed by atoms with Gasteiger partial charge in [-0.2, -0.15) is 0 Å². The number of nitrogens with one attached hydrogen (secondary N) is 1. The van der Waals surface area contributed by atoms with Gasteiger partial charge in [0.1, 0.15) is 11.6 Å². The van der Waals surface area contributed by atoms with Gasteiger partial charge in [-0.05, 0) is 46.1 Å². The standard InChI is InChI=1S/C18H24N6O/c1-11-9-12(2)20-18(19-11)23-17-10-15(21-13(3)22-17)16-7-5-6-8-24(16)14(4)25/h9-10,16H,5-8H2,1-4H3,(H,19,20,21,22,23). The third-order valence-electron chi connectivity index (χ3n) is 4.33. The Hall–Kier alpha value is -2.57. The van der Waals surface area contributed by atoms with Gasteiger partial charge in [0.2, 0.25) is 11.9 Å². The summed E-state index contributed by atoms with van der Waals surface area (Å²) in [4.78, 5) is 31.7. The Bertz CT molecular complexity index is 771. The van der Waals surface area contributed by atoms with Crippen molar-refractivity contribution in [3.8, 4) is 0 Å². The maximum atomic E-state index is 12.0. The van der Waals surface area contributed by atoms with Crippen LogP contribution in [0.15, 0.2) is 12.1 Å². The number of aryl methyl sites for hydroxylation is 3. The molecule has 1 N–H and O–H groups in total. The molecule has 1 unspecified atom stereocenters. The molecule has 3 rings (SSSR count). The molecule has 0 spiro atoms. The van der Waals surface area contributed by atoms with Crippen LogP contribution in [-0.4, -0.2) is 37.3 Å². The highest BCUT2D eigenvalue weighted by atomic mass is 16.2. The lowest BCUT2D eigenvalue weighted by Crippen LogP contribution is -2.37. The number of carbonyl (C=O) groups is 1. The molecule has 0 radical (unpaired) electrons. The van der Waals surface area contributed by atoms with Gasteiger partial charge in [0.15, 0.2) is 0 Å². The minimum absolute atomic E-state index is 0.00802. The number of likely N-dealkylation sites (tertiary alicyclic amines) is 1. The number of hydrogen-bond donors (Lipinski definition) is 1. The summed E-state index contributed by atoms with van der Waals surface area (Å²) in [5, 5.41) is 3.17. The van der Waals surface area contributed by atoms with Crippen LogP contribution in [0.5, 0.6) is 0 Å². The van der Waals surface area contributed by atoms with Crippen LogP contribution in [0.4, 0.5) is 11.8 Å². The van der Waals surface area contributed by atoms with E-state index in [2.05, 4.69) is 25.3 Å². The lowest BCUT2D eigenvalue weighted by atomic mass is 9.99. The SMILES string of the molecule is CC(=O)N1CCCCC1c1cc(Nc2nc(C)cc(C)n2)nc(C)n1. The number of hydrogen-bond acceptors (Lipinski definition) is 6. The van der Waals surface area contributed by atoms with Crippen molar-refractivity contribution in [2.75, 3.05) is 11.9 Å². The van der Waals surface area contributed by atoms with E-state index in [-0.39, 0.29) is 11.9 Å². The molecule has 0 aliphatic carbocycles. The van der Waals surface area contributed by atoms with Crippen molar-refractivity contribution in [2.45, 2.75) is 53.0 Å². The van der Waals surface area contributed by atoms with E-state index in [0.29, 0.717) is 17.6 Å². The zero-order valence-electron chi connectivity index (χ0n) is 15.2.